The molecule has 3 rings (SSSR count). The summed E-state index contributed by atoms with van der Waals surface area (Å²) in [4.78, 5) is 37.2. The fourth-order valence-corrected chi connectivity index (χ4v) is 2.86. The topological polar surface area (TPSA) is 148 Å². The molecule has 0 saturated heterocycles. The van der Waals surface area contributed by atoms with Crippen LogP contribution in [0.3, 0.4) is 0 Å². The molecule has 3 aromatic rings. The Kier molecular flexibility index (Phi) is 4.98. The summed E-state index contributed by atoms with van der Waals surface area (Å²) in [6.45, 7) is 0. The summed E-state index contributed by atoms with van der Waals surface area (Å²) in [6, 6.07) is 5.07. The maximum Gasteiger partial charge on any atom is 0.278 e. The molecule has 26 heavy (non-hydrogen) atoms. The molecule has 0 fully saturated rings. The number of nitrogens with zero attached hydrogens (tertiary/aromatic N) is 2. The lowest BCUT2D eigenvalue weighted by atomic mass is 10.2. The highest BCUT2D eigenvalue weighted by atomic mass is 32.2. The zero-order chi connectivity index (χ0) is 18.7. The smallest absolute Gasteiger partial charge is 0.278 e. The van der Waals surface area contributed by atoms with Gasteiger partial charge < -0.3 is 25.5 Å². The molecule has 1 aromatic carbocycles. The number of nitrogens with two attached hydrogens (primary N) is 1. The molecule has 0 aliphatic heterocycles. The predicted molar refractivity (Wildman–Crippen MR) is 97.8 cm³/mol. The monoisotopic (exact) mass is 376 g/mol. The van der Waals surface area contributed by atoms with Crippen molar-refractivity contribution in [3.8, 4) is 11.5 Å². The highest BCUT2D eigenvalue weighted by molar-refractivity contribution is 7.99. The van der Waals surface area contributed by atoms with Gasteiger partial charge in [0.05, 0.1) is 25.7 Å². The molecule has 11 heteroatoms. The van der Waals surface area contributed by atoms with E-state index in [1.165, 1.54) is 7.11 Å². The zero-order valence-corrected chi connectivity index (χ0v) is 14.8. The van der Waals surface area contributed by atoms with Crippen LogP contribution in [0.15, 0.2) is 28.2 Å². The lowest BCUT2D eigenvalue weighted by Gasteiger charge is -2.11. The Bertz CT molecular complexity index is 1020. The number of hydrogen-bond acceptors (Lipinski definition) is 8. The fraction of sp³-hybridized carbons (Fsp3) is 0.200. The molecule has 10 nitrogen and oxygen atoms in total. The number of amides is 1. The third-order valence-electron chi connectivity index (χ3n) is 3.38. The molecule has 2 aromatic heterocycles. The Morgan fingerprint density at radius 3 is 2.81 bits per heavy atom. The van der Waals surface area contributed by atoms with E-state index in [9.17, 15) is 9.59 Å². The van der Waals surface area contributed by atoms with Gasteiger partial charge in [-0.1, -0.05) is 11.8 Å². The van der Waals surface area contributed by atoms with Gasteiger partial charge in [0.1, 0.15) is 11.5 Å². The second-order valence-electron chi connectivity index (χ2n) is 5.09. The highest BCUT2D eigenvalue weighted by Crippen LogP contribution is 2.29. The molecule has 0 saturated carbocycles. The SMILES string of the molecule is COc1ccc(NC(=O)CSc2nc3nc(N)[nH]c(=O)c3[nH]2)c(OC)c1. The van der Waals surface area contributed by atoms with Crippen molar-refractivity contribution in [2.45, 2.75) is 5.16 Å². The number of carbonyl (C=O) groups is 1. The number of thioether (sulfide) groups is 1. The van der Waals surface area contributed by atoms with Crippen LogP contribution in [0.25, 0.3) is 11.2 Å². The van der Waals surface area contributed by atoms with Crippen LogP contribution in [0.4, 0.5) is 11.6 Å². The third-order valence-corrected chi connectivity index (χ3v) is 4.25. The van der Waals surface area contributed by atoms with Crippen molar-refractivity contribution >= 4 is 40.5 Å². The van der Waals surface area contributed by atoms with Gasteiger partial charge in [0.15, 0.2) is 16.3 Å². The summed E-state index contributed by atoms with van der Waals surface area (Å²) in [6.07, 6.45) is 0. The first kappa shape index (κ1) is 17.6. The Labute approximate surface area is 151 Å². The number of nitrogen functional groups attached to an aromatic ring is 1. The minimum Gasteiger partial charge on any atom is -0.497 e. The van der Waals surface area contributed by atoms with Crippen molar-refractivity contribution in [1.82, 2.24) is 19.9 Å². The molecule has 0 unspecified atom stereocenters. The second kappa shape index (κ2) is 7.35. The molecule has 0 aliphatic carbocycles. The number of benzene rings is 1. The maximum atomic E-state index is 12.2. The molecular formula is C15H16N6O4S. The van der Waals surface area contributed by atoms with Gasteiger partial charge in [-0.2, -0.15) is 4.98 Å². The molecule has 5 N–H and O–H groups in total. The van der Waals surface area contributed by atoms with Crippen LogP contribution in [-0.2, 0) is 4.79 Å². The second-order valence-corrected chi connectivity index (χ2v) is 6.06. The normalized spacial score (nSPS) is 10.7. The van der Waals surface area contributed by atoms with E-state index in [0.717, 1.165) is 11.8 Å². The van der Waals surface area contributed by atoms with E-state index in [2.05, 4.69) is 25.3 Å². The molecule has 0 atom stereocenters. The summed E-state index contributed by atoms with van der Waals surface area (Å²) in [7, 11) is 3.05. The molecule has 0 radical (unpaired) electrons. The summed E-state index contributed by atoms with van der Waals surface area (Å²) in [5, 5.41) is 3.14. The quantitative estimate of drug-likeness (QED) is 0.465. The van der Waals surface area contributed by atoms with Crippen molar-refractivity contribution in [2.75, 3.05) is 31.0 Å². The predicted octanol–water partition coefficient (Wildman–Crippen LogP) is 0.976. The summed E-state index contributed by atoms with van der Waals surface area (Å²) < 4.78 is 10.4. The van der Waals surface area contributed by atoms with E-state index in [-0.39, 0.29) is 28.8 Å². The van der Waals surface area contributed by atoms with E-state index in [0.29, 0.717) is 22.3 Å². The molecule has 0 spiro atoms. The number of rotatable bonds is 6. The third kappa shape index (κ3) is 3.72. The van der Waals surface area contributed by atoms with Crippen molar-refractivity contribution in [3.05, 3.63) is 28.6 Å². The molecule has 2 heterocycles. The summed E-state index contributed by atoms with van der Waals surface area (Å²) >= 11 is 1.13. The van der Waals surface area contributed by atoms with Gasteiger partial charge >= 0.3 is 0 Å². The lowest BCUT2D eigenvalue weighted by molar-refractivity contribution is -0.113. The summed E-state index contributed by atoms with van der Waals surface area (Å²) in [5.74, 6) is 0.893. The van der Waals surface area contributed by atoms with Gasteiger partial charge in [-0.15, -0.1) is 0 Å². The lowest BCUT2D eigenvalue weighted by Crippen LogP contribution is -2.14. The largest absolute Gasteiger partial charge is 0.497 e. The molecule has 1 amide bonds. The van der Waals surface area contributed by atoms with Gasteiger partial charge in [0.25, 0.3) is 5.56 Å². The summed E-state index contributed by atoms with van der Waals surface area (Å²) in [5.41, 5.74) is 5.99. The van der Waals surface area contributed by atoms with Crippen molar-refractivity contribution in [3.63, 3.8) is 0 Å². The van der Waals surface area contributed by atoms with Crippen molar-refractivity contribution in [1.29, 1.82) is 0 Å². The number of imidazole rings is 1. The van der Waals surface area contributed by atoms with E-state index in [1.54, 1.807) is 25.3 Å². The van der Waals surface area contributed by atoms with Crippen LogP contribution in [0.5, 0.6) is 11.5 Å². The van der Waals surface area contributed by atoms with Gasteiger partial charge in [0.2, 0.25) is 11.9 Å². The Balaban J connectivity index is 1.68. The number of H-pyrrole nitrogens is 2. The number of fused-ring (bicyclic) bond motifs is 1. The molecule has 136 valence electrons. The van der Waals surface area contributed by atoms with E-state index in [1.807, 2.05) is 0 Å². The van der Waals surface area contributed by atoms with Crippen LogP contribution < -0.4 is 26.1 Å². The average Bonchev–Trinajstić information content (AvgIpc) is 3.03. The number of ether oxygens (including phenoxy) is 2. The number of hydrogen-bond donors (Lipinski definition) is 4. The standard InChI is InChI=1S/C15H16N6O4S/c1-24-7-3-4-8(9(5-7)25-2)17-10(22)6-26-15-18-11-12(20-15)19-14(16)21-13(11)23/h3-5H,6H2,1-2H3,(H,17,22)(H4,16,18,19,20,21,23). The van der Waals surface area contributed by atoms with Crippen molar-refractivity contribution < 1.29 is 14.3 Å². The first-order valence-corrected chi connectivity index (χ1v) is 8.39. The first-order chi connectivity index (χ1) is 12.5. The van der Waals surface area contributed by atoms with Gasteiger partial charge in [-0.3, -0.25) is 14.6 Å². The van der Waals surface area contributed by atoms with E-state index < -0.39 is 5.56 Å². The fourth-order valence-electron chi connectivity index (χ4n) is 2.19. The van der Waals surface area contributed by atoms with Crippen LogP contribution in [0.1, 0.15) is 0 Å². The Morgan fingerprint density at radius 1 is 1.27 bits per heavy atom. The zero-order valence-electron chi connectivity index (χ0n) is 14.0. The van der Waals surface area contributed by atoms with E-state index in [4.69, 9.17) is 15.2 Å². The Hall–Kier alpha value is -3.21. The number of aromatic nitrogens is 4. The van der Waals surface area contributed by atoms with Gasteiger partial charge in [-0.05, 0) is 12.1 Å². The number of nitrogens with one attached hydrogen (secondary N) is 3. The first-order valence-electron chi connectivity index (χ1n) is 7.40. The van der Waals surface area contributed by atoms with Gasteiger partial charge in [0, 0.05) is 6.07 Å². The number of aromatic amines is 2. The Morgan fingerprint density at radius 2 is 2.08 bits per heavy atom. The molecule has 0 aliphatic rings. The van der Waals surface area contributed by atoms with Crippen molar-refractivity contribution in [2.24, 2.45) is 0 Å². The highest BCUT2D eigenvalue weighted by Gasteiger charge is 2.13. The van der Waals surface area contributed by atoms with Crippen LogP contribution in [0, 0.1) is 0 Å². The van der Waals surface area contributed by atoms with Crippen LogP contribution in [-0.4, -0.2) is 45.8 Å². The maximum absolute atomic E-state index is 12.2. The number of anilines is 2. The van der Waals surface area contributed by atoms with E-state index >= 15 is 0 Å². The number of carbonyl (C=O) groups excluding carboxylic acids is 1. The van der Waals surface area contributed by atoms with Gasteiger partial charge in [-0.25, -0.2) is 4.98 Å². The average molecular weight is 376 g/mol. The van der Waals surface area contributed by atoms with Crippen LogP contribution in [0.2, 0.25) is 0 Å². The van der Waals surface area contributed by atoms with Crippen LogP contribution >= 0.6 is 11.8 Å². The molecule has 0 bridgehead atoms. The number of methoxy groups -OCH3 is 2. The molecular weight excluding hydrogens is 360 g/mol. The minimum atomic E-state index is -0.417. The minimum absolute atomic E-state index is 0.0186.